The molecule has 1 aromatic heterocycles. The van der Waals surface area contributed by atoms with Crippen LogP contribution < -0.4 is 20.7 Å². The molecule has 3 N–H and O–H groups in total. The highest BCUT2D eigenvalue weighted by atomic mass is 16.5. The average molecular weight is 464 g/mol. The Morgan fingerprint density at radius 2 is 2.03 bits per heavy atom. The van der Waals surface area contributed by atoms with E-state index in [0.717, 1.165) is 47.5 Å². The molecule has 2 aromatic carbocycles. The van der Waals surface area contributed by atoms with Gasteiger partial charge in [-0.1, -0.05) is 36.4 Å². The number of rotatable bonds is 9. The van der Waals surface area contributed by atoms with Gasteiger partial charge in [-0.05, 0) is 55.6 Å². The summed E-state index contributed by atoms with van der Waals surface area (Å²) in [6, 6.07) is 15.6. The lowest BCUT2D eigenvalue weighted by Crippen LogP contribution is -2.29. The van der Waals surface area contributed by atoms with Gasteiger partial charge in [-0.25, -0.2) is 9.48 Å². The smallest absolute Gasteiger partial charge is 0.320 e. The number of amides is 2. The van der Waals surface area contributed by atoms with E-state index in [1.165, 1.54) is 0 Å². The zero-order chi connectivity index (χ0) is 23.9. The molecule has 4 rings (SSSR count). The lowest BCUT2D eigenvalue weighted by atomic mass is 10.1. The zero-order valence-corrected chi connectivity index (χ0v) is 20.1. The van der Waals surface area contributed by atoms with Crippen LogP contribution in [0.5, 0.6) is 5.88 Å². The van der Waals surface area contributed by atoms with E-state index in [9.17, 15) is 4.79 Å². The summed E-state index contributed by atoms with van der Waals surface area (Å²) in [5, 5.41) is 14.0. The van der Waals surface area contributed by atoms with Gasteiger partial charge in [-0.15, -0.1) is 5.10 Å². The van der Waals surface area contributed by atoms with E-state index in [1.54, 1.807) is 11.8 Å². The van der Waals surface area contributed by atoms with Gasteiger partial charge < -0.3 is 20.1 Å². The summed E-state index contributed by atoms with van der Waals surface area (Å²) >= 11 is 0. The normalized spacial score (nSPS) is 15.3. The molecule has 1 aliphatic heterocycles. The third-order valence-corrected chi connectivity index (χ3v) is 6.09. The first-order valence-electron chi connectivity index (χ1n) is 11.7. The molecule has 0 spiro atoms. The molecule has 1 saturated heterocycles. The molecule has 1 fully saturated rings. The van der Waals surface area contributed by atoms with E-state index in [0.29, 0.717) is 37.4 Å². The number of hydrogen-bond acceptors (Lipinski definition) is 5. The SMILES string of the molecule is COCc1ccc(C)c(CNC(=O)Nc2c(C)c(OCC3CCNC3)nn2-c2ccccc2)c1. The Balaban J connectivity index is 1.49. The minimum absolute atomic E-state index is 0.303. The van der Waals surface area contributed by atoms with E-state index in [1.807, 2.05) is 56.3 Å². The van der Waals surface area contributed by atoms with Gasteiger partial charge >= 0.3 is 6.03 Å². The number of methoxy groups -OCH3 is 1. The van der Waals surface area contributed by atoms with Gasteiger partial charge in [0, 0.05) is 26.1 Å². The number of nitrogens with zero attached hydrogens (tertiary/aromatic N) is 2. The third kappa shape index (κ3) is 5.76. The van der Waals surface area contributed by atoms with Crippen LogP contribution in [0.4, 0.5) is 10.6 Å². The molecule has 0 radical (unpaired) electrons. The minimum Gasteiger partial charge on any atom is -0.476 e. The minimum atomic E-state index is -0.303. The first kappa shape index (κ1) is 23.8. The number of carbonyl (C=O) groups is 1. The number of aryl methyl sites for hydroxylation is 1. The van der Waals surface area contributed by atoms with Crippen molar-refractivity contribution >= 4 is 11.8 Å². The zero-order valence-electron chi connectivity index (χ0n) is 20.1. The van der Waals surface area contributed by atoms with Gasteiger partial charge in [0.2, 0.25) is 5.88 Å². The molecule has 1 aliphatic rings. The molecule has 0 saturated carbocycles. The molecule has 8 heteroatoms. The first-order chi connectivity index (χ1) is 16.5. The number of nitrogens with one attached hydrogen (secondary N) is 3. The van der Waals surface area contributed by atoms with E-state index in [-0.39, 0.29) is 6.03 Å². The Morgan fingerprint density at radius 3 is 2.76 bits per heavy atom. The Kier molecular flexibility index (Phi) is 7.82. The molecule has 1 atom stereocenters. The van der Waals surface area contributed by atoms with Crippen LogP contribution in [0.2, 0.25) is 0 Å². The fourth-order valence-corrected chi connectivity index (χ4v) is 4.07. The summed E-state index contributed by atoms with van der Waals surface area (Å²) in [7, 11) is 1.67. The fraction of sp³-hybridized carbons (Fsp3) is 0.385. The molecular weight excluding hydrogens is 430 g/mol. The molecule has 1 unspecified atom stereocenters. The number of para-hydroxylation sites is 1. The highest BCUT2D eigenvalue weighted by Gasteiger charge is 2.21. The van der Waals surface area contributed by atoms with Crippen LogP contribution >= 0.6 is 0 Å². The first-order valence-corrected chi connectivity index (χ1v) is 11.7. The topological polar surface area (TPSA) is 89.4 Å². The van der Waals surface area contributed by atoms with Crippen LogP contribution in [0.1, 0.15) is 28.7 Å². The second-order valence-electron chi connectivity index (χ2n) is 8.70. The highest BCUT2D eigenvalue weighted by molar-refractivity contribution is 5.89. The predicted octanol–water partition coefficient (Wildman–Crippen LogP) is 3.95. The number of aromatic nitrogens is 2. The van der Waals surface area contributed by atoms with Gasteiger partial charge in [-0.3, -0.25) is 5.32 Å². The average Bonchev–Trinajstić information content (AvgIpc) is 3.47. The van der Waals surface area contributed by atoms with Crippen molar-refractivity contribution in [1.29, 1.82) is 0 Å². The maximum Gasteiger partial charge on any atom is 0.320 e. The lowest BCUT2D eigenvalue weighted by Gasteiger charge is -2.13. The lowest BCUT2D eigenvalue weighted by molar-refractivity contribution is 0.185. The van der Waals surface area contributed by atoms with E-state index < -0.39 is 0 Å². The molecular formula is C26H33N5O3. The van der Waals surface area contributed by atoms with Crippen molar-refractivity contribution < 1.29 is 14.3 Å². The maximum absolute atomic E-state index is 12.9. The quantitative estimate of drug-likeness (QED) is 0.447. The molecule has 180 valence electrons. The van der Waals surface area contributed by atoms with Crippen molar-refractivity contribution in [3.8, 4) is 11.6 Å². The van der Waals surface area contributed by atoms with Crippen LogP contribution in [0, 0.1) is 19.8 Å². The molecule has 2 heterocycles. The number of carbonyl (C=O) groups excluding carboxylic acids is 1. The van der Waals surface area contributed by atoms with Crippen LogP contribution in [0.25, 0.3) is 5.69 Å². The third-order valence-electron chi connectivity index (χ3n) is 6.09. The molecule has 2 amide bonds. The largest absolute Gasteiger partial charge is 0.476 e. The number of urea groups is 1. The van der Waals surface area contributed by atoms with Crippen LogP contribution in [0.3, 0.4) is 0 Å². The molecule has 8 nitrogen and oxygen atoms in total. The van der Waals surface area contributed by atoms with Crippen molar-refractivity contribution in [3.05, 3.63) is 70.8 Å². The Labute approximate surface area is 200 Å². The maximum atomic E-state index is 12.9. The number of ether oxygens (including phenoxy) is 2. The second-order valence-corrected chi connectivity index (χ2v) is 8.70. The fourth-order valence-electron chi connectivity index (χ4n) is 4.07. The van der Waals surface area contributed by atoms with E-state index in [2.05, 4.69) is 27.1 Å². The number of benzene rings is 2. The Hall–Kier alpha value is -3.36. The highest BCUT2D eigenvalue weighted by Crippen LogP contribution is 2.29. The van der Waals surface area contributed by atoms with Gasteiger partial charge in [-0.2, -0.15) is 0 Å². The molecule has 0 bridgehead atoms. The summed E-state index contributed by atoms with van der Waals surface area (Å²) in [4.78, 5) is 12.9. The summed E-state index contributed by atoms with van der Waals surface area (Å²) in [5.41, 5.74) is 4.88. The van der Waals surface area contributed by atoms with Crippen LogP contribution in [0.15, 0.2) is 48.5 Å². The molecule has 0 aliphatic carbocycles. The standard InChI is InChI=1S/C26H33N5O3/c1-18-9-10-20(16-33-3)13-22(18)15-28-26(32)29-24-19(2)25(34-17-21-11-12-27-14-21)30-31(24)23-7-5-4-6-8-23/h4-10,13,21,27H,11-12,14-17H2,1-3H3,(H2,28,29,32). The summed E-state index contributed by atoms with van der Waals surface area (Å²) < 4.78 is 13.0. The van der Waals surface area contributed by atoms with Crippen molar-refractivity contribution in [2.24, 2.45) is 5.92 Å². The Bertz CT molecular complexity index is 1110. The van der Waals surface area contributed by atoms with E-state index in [4.69, 9.17) is 9.47 Å². The van der Waals surface area contributed by atoms with Crippen molar-refractivity contribution in [2.45, 2.75) is 33.4 Å². The monoisotopic (exact) mass is 463 g/mol. The number of anilines is 1. The van der Waals surface area contributed by atoms with Gasteiger partial charge in [0.1, 0.15) is 5.82 Å². The summed E-state index contributed by atoms with van der Waals surface area (Å²) in [6.45, 7) is 7.47. The van der Waals surface area contributed by atoms with Gasteiger partial charge in [0.05, 0.1) is 24.5 Å². The van der Waals surface area contributed by atoms with Crippen molar-refractivity contribution in [3.63, 3.8) is 0 Å². The van der Waals surface area contributed by atoms with E-state index >= 15 is 0 Å². The molecule has 34 heavy (non-hydrogen) atoms. The van der Waals surface area contributed by atoms with Crippen molar-refractivity contribution in [1.82, 2.24) is 20.4 Å². The van der Waals surface area contributed by atoms with Gasteiger partial charge in [0.15, 0.2) is 0 Å². The van der Waals surface area contributed by atoms with Crippen LogP contribution in [-0.2, 0) is 17.9 Å². The Morgan fingerprint density at radius 1 is 1.21 bits per heavy atom. The van der Waals surface area contributed by atoms with Crippen LogP contribution in [-0.4, -0.2) is 42.6 Å². The predicted molar refractivity (Wildman–Crippen MR) is 133 cm³/mol. The second kappa shape index (κ2) is 11.2. The molecule has 3 aromatic rings. The van der Waals surface area contributed by atoms with Gasteiger partial charge in [0.25, 0.3) is 0 Å². The van der Waals surface area contributed by atoms with Crippen molar-refractivity contribution in [2.75, 3.05) is 32.1 Å². The number of hydrogen-bond donors (Lipinski definition) is 3. The summed E-state index contributed by atoms with van der Waals surface area (Å²) in [5.74, 6) is 1.60. The summed E-state index contributed by atoms with van der Waals surface area (Å²) in [6.07, 6.45) is 1.09.